The quantitative estimate of drug-likeness (QED) is 0.126. The first-order chi connectivity index (χ1) is 48.8. The fourth-order valence-electron chi connectivity index (χ4n) is 18.7. The highest BCUT2D eigenvalue weighted by molar-refractivity contribution is 6.02. The molecule has 5 aliphatic rings. The zero-order valence-electron chi connectivity index (χ0n) is 59.3. The Labute approximate surface area is 594 Å². The lowest BCUT2D eigenvalue weighted by molar-refractivity contribution is 0.659. The van der Waals surface area contributed by atoms with Gasteiger partial charge in [0.05, 0.1) is 11.4 Å². The number of hydrogen-bond acceptors (Lipinski definition) is 2. The van der Waals surface area contributed by atoms with Crippen molar-refractivity contribution in [2.45, 2.75) is 96.3 Å². The summed E-state index contributed by atoms with van der Waals surface area (Å²) in [5.41, 5.74) is 37.8. The third-order valence-electron chi connectivity index (χ3n) is 24.2. The van der Waals surface area contributed by atoms with E-state index in [4.69, 9.17) is 0 Å². The summed E-state index contributed by atoms with van der Waals surface area (Å²) in [4.78, 5) is 5.00. The molecular weight excluding hydrogens is 1220 g/mol. The van der Waals surface area contributed by atoms with Gasteiger partial charge in [0.2, 0.25) is 0 Å². The van der Waals surface area contributed by atoms with E-state index in [-0.39, 0.29) is 27.1 Å². The van der Waals surface area contributed by atoms with Gasteiger partial charge in [0, 0.05) is 60.6 Å². The van der Waals surface area contributed by atoms with Gasteiger partial charge in [-0.3, -0.25) is 0 Å². The molecule has 0 fully saturated rings. The first kappa shape index (κ1) is 60.8. The summed E-state index contributed by atoms with van der Waals surface area (Å²) in [6.45, 7) is 23.9. The van der Waals surface area contributed by atoms with Gasteiger partial charge in [-0.1, -0.05) is 312 Å². The molecular formula is C99H80N2. The highest BCUT2D eigenvalue weighted by atomic mass is 15.2. The van der Waals surface area contributed by atoms with Gasteiger partial charge in [0.1, 0.15) is 0 Å². The van der Waals surface area contributed by atoms with Crippen LogP contribution in [-0.2, 0) is 27.1 Å². The number of nitrogens with zero attached hydrogens (tertiary/aromatic N) is 2. The minimum Gasteiger partial charge on any atom is -0.310 e. The van der Waals surface area contributed by atoms with Crippen molar-refractivity contribution >= 4 is 80.0 Å². The van der Waals surface area contributed by atoms with Crippen LogP contribution >= 0.6 is 0 Å². The molecule has 0 aromatic heterocycles. The molecule has 5 aliphatic carbocycles. The molecule has 101 heavy (non-hydrogen) atoms. The second kappa shape index (κ2) is 21.8. The van der Waals surface area contributed by atoms with E-state index in [0.717, 1.165) is 11.4 Å². The highest BCUT2D eigenvalue weighted by Crippen LogP contribution is 2.58. The molecule has 19 rings (SSSR count). The Hall–Kier alpha value is -11.3. The predicted molar refractivity (Wildman–Crippen MR) is 429 cm³/mol. The Morgan fingerprint density at radius 1 is 0.198 bits per heavy atom. The molecule has 0 bridgehead atoms. The van der Waals surface area contributed by atoms with Crippen LogP contribution in [0.4, 0.5) is 34.1 Å². The first-order valence-electron chi connectivity index (χ1n) is 36.1. The highest BCUT2D eigenvalue weighted by Gasteiger charge is 2.42. The maximum atomic E-state index is 2.50. The monoisotopic (exact) mass is 1300 g/mol. The third kappa shape index (κ3) is 9.09. The van der Waals surface area contributed by atoms with Gasteiger partial charge in [-0.15, -0.1) is 0 Å². The molecule has 0 radical (unpaired) electrons. The maximum Gasteiger partial charge on any atom is 0.0540 e. The topological polar surface area (TPSA) is 6.48 Å². The second-order valence-corrected chi connectivity index (χ2v) is 31.7. The standard InChI is InChI=1S/C99H80N2/c1-95(2)83-29-17-15-27-73(83)79-49-41-67(57-89(79)95)100(93-31-19-23-65-21-11-13-25-71(65)93)69-43-51-81-77-47-39-63(55-87(77)98(7,8)91(81)59-69)35-33-61-37-45-75-76-46-38-62(54-86(76)97(5,6)85(75)53-61)34-36-64-40-48-78-82-52-44-70(60-92(82)99(9,10)88(78)56-64)101(94-32-20-24-66-22-12-14-26-72(66)94)68-42-50-80-74-28-16-18-30-84(74)96(3,4)90(80)58-68/h11-60H,1-10H3. The number of rotatable bonds is 10. The molecule has 0 N–H and O–H groups in total. The van der Waals surface area contributed by atoms with Crippen molar-refractivity contribution in [2.24, 2.45) is 0 Å². The largest absolute Gasteiger partial charge is 0.310 e. The van der Waals surface area contributed by atoms with E-state index < -0.39 is 0 Å². The minimum absolute atomic E-state index is 0.121. The van der Waals surface area contributed by atoms with Crippen LogP contribution in [0.2, 0.25) is 0 Å². The Morgan fingerprint density at radius 2 is 0.426 bits per heavy atom. The molecule has 0 amide bonds. The Bertz CT molecular complexity index is 5580. The molecule has 0 saturated carbocycles. The van der Waals surface area contributed by atoms with E-state index in [1.165, 1.54) is 178 Å². The zero-order chi connectivity index (χ0) is 68.6. The SMILES string of the molecule is CC1(C)c2cc(C=Cc3ccc4c(c3)C(C)(C)c3cc(N(c5ccc6c(c5)C(C)(C)c5ccccc5-6)c5cccc6ccccc56)ccc3-4)ccc2-c2ccc(C=Cc3ccc4c(c3)C(C)(C)c3cc(N(c5ccc6c(c5)C(C)(C)c5ccccc5-6)c5cccc6ccccc56)ccc3-4)cc21. The lowest BCUT2D eigenvalue weighted by Crippen LogP contribution is -2.18. The van der Waals surface area contributed by atoms with E-state index >= 15 is 0 Å². The maximum absolute atomic E-state index is 2.50. The number of hydrogen-bond donors (Lipinski definition) is 0. The molecule has 2 heteroatoms. The fraction of sp³-hybridized carbons (Fsp3) is 0.152. The van der Waals surface area contributed by atoms with Crippen LogP contribution < -0.4 is 9.80 Å². The van der Waals surface area contributed by atoms with Crippen LogP contribution in [0.15, 0.2) is 279 Å². The lowest BCUT2D eigenvalue weighted by atomic mass is 9.81. The molecule has 0 atom stereocenters. The van der Waals surface area contributed by atoms with Crippen LogP contribution in [0.25, 0.3) is 101 Å². The van der Waals surface area contributed by atoms with Gasteiger partial charge in [0.15, 0.2) is 0 Å². The van der Waals surface area contributed by atoms with Crippen LogP contribution in [0.3, 0.4) is 0 Å². The Balaban J connectivity index is 0.580. The minimum atomic E-state index is -0.232. The fourth-order valence-corrected chi connectivity index (χ4v) is 18.7. The second-order valence-electron chi connectivity index (χ2n) is 31.7. The normalized spacial score (nSPS) is 15.7. The number of fused-ring (bicyclic) bond motifs is 17. The van der Waals surface area contributed by atoms with E-state index in [2.05, 4.69) is 382 Å². The predicted octanol–water partition coefficient (Wildman–Crippen LogP) is 26.8. The molecule has 0 spiro atoms. The van der Waals surface area contributed by atoms with E-state index in [1.807, 2.05) is 0 Å². The van der Waals surface area contributed by atoms with Crippen molar-refractivity contribution in [1.29, 1.82) is 0 Å². The molecule has 0 saturated heterocycles. The van der Waals surface area contributed by atoms with E-state index in [9.17, 15) is 0 Å². The molecule has 14 aromatic carbocycles. The zero-order valence-corrected chi connectivity index (χ0v) is 59.3. The summed E-state index contributed by atoms with van der Waals surface area (Å²) in [7, 11) is 0. The van der Waals surface area contributed by atoms with Crippen molar-refractivity contribution in [3.63, 3.8) is 0 Å². The van der Waals surface area contributed by atoms with Gasteiger partial charge in [-0.05, 0) is 205 Å². The summed E-state index contributed by atoms with van der Waals surface area (Å²) >= 11 is 0. The average molecular weight is 1300 g/mol. The van der Waals surface area contributed by atoms with E-state index in [0.29, 0.717) is 0 Å². The third-order valence-corrected chi connectivity index (χ3v) is 24.2. The lowest BCUT2D eigenvalue weighted by Gasteiger charge is -2.30. The van der Waals surface area contributed by atoms with Crippen molar-refractivity contribution in [3.05, 3.63) is 357 Å². The molecule has 0 heterocycles. The van der Waals surface area contributed by atoms with Gasteiger partial charge in [-0.2, -0.15) is 0 Å². The molecule has 14 aromatic rings. The molecule has 2 nitrogen and oxygen atoms in total. The van der Waals surface area contributed by atoms with Gasteiger partial charge < -0.3 is 9.80 Å². The smallest absolute Gasteiger partial charge is 0.0540 e. The number of benzene rings is 14. The van der Waals surface area contributed by atoms with Crippen molar-refractivity contribution in [2.75, 3.05) is 9.80 Å². The molecule has 0 unspecified atom stereocenters. The van der Waals surface area contributed by atoms with Crippen LogP contribution in [0, 0.1) is 0 Å². The summed E-state index contributed by atoms with van der Waals surface area (Å²) in [6, 6.07) is 106. The van der Waals surface area contributed by atoms with Crippen molar-refractivity contribution in [3.8, 4) is 55.6 Å². The van der Waals surface area contributed by atoms with Crippen molar-refractivity contribution in [1.82, 2.24) is 0 Å². The molecule has 486 valence electrons. The summed E-state index contributed by atoms with van der Waals surface area (Å²) in [6.07, 6.45) is 9.25. The summed E-state index contributed by atoms with van der Waals surface area (Å²) in [5, 5.41) is 4.92. The Kier molecular flexibility index (Phi) is 13.2. The van der Waals surface area contributed by atoms with Crippen molar-refractivity contribution < 1.29 is 0 Å². The van der Waals surface area contributed by atoms with Gasteiger partial charge >= 0.3 is 0 Å². The summed E-state index contributed by atoms with van der Waals surface area (Å²) < 4.78 is 0. The van der Waals surface area contributed by atoms with Gasteiger partial charge in [0.25, 0.3) is 0 Å². The Morgan fingerprint density at radius 3 is 0.733 bits per heavy atom. The molecule has 0 aliphatic heterocycles. The van der Waals surface area contributed by atoms with E-state index in [1.54, 1.807) is 0 Å². The first-order valence-corrected chi connectivity index (χ1v) is 36.1. The van der Waals surface area contributed by atoms with Gasteiger partial charge in [-0.25, -0.2) is 0 Å². The number of anilines is 6. The van der Waals surface area contributed by atoms with Crippen LogP contribution in [0.5, 0.6) is 0 Å². The average Bonchev–Trinajstić information content (AvgIpc) is 1.61. The van der Waals surface area contributed by atoms with Crippen LogP contribution in [0.1, 0.15) is 147 Å². The van der Waals surface area contributed by atoms with Crippen LogP contribution in [-0.4, -0.2) is 0 Å². The summed E-state index contributed by atoms with van der Waals surface area (Å²) in [5.74, 6) is 0.